The number of piperazine rings is 1. The summed E-state index contributed by atoms with van der Waals surface area (Å²) < 4.78 is 13.6. The summed E-state index contributed by atoms with van der Waals surface area (Å²) in [6.07, 6.45) is 4.80. The number of hydrazine groups is 1. The minimum Gasteiger partial charge on any atom is -0.388 e. The molecule has 1 aliphatic carbocycles. The van der Waals surface area contributed by atoms with Crippen LogP contribution in [0.5, 0.6) is 0 Å². The molecule has 0 saturated carbocycles. The molecule has 9 nitrogen and oxygen atoms in total. The lowest BCUT2D eigenvalue weighted by Crippen LogP contribution is -2.66. The molecule has 6 rings (SSSR count). The van der Waals surface area contributed by atoms with Gasteiger partial charge in [0.25, 0.3) is 0 Å². The van der Waals surface area contributed by atoms with Gasteiger partial charge in [0, 0.05) is 45.2 Å². The Morgan fingerprint density at radius 3 is 2.57 bits per heavy atom. The number of benzene rings is 3. The van der Waals surface area contributed by atoms with E-state index in [0.717, 1.165) is 33.2 Å². The van der Waals surface area contributed by atoms with Crippen LogP contribution in [0.2, 0.25) is 0 Å². The number of nitrogens with one attached hydrogen (secondary N) is 2. The molecule has 0 aromatic heterocycles. The number of carbonyl (C=O) groups is 3. The van der Waals surface area contributed by atoms with E-state index >= 15 is 0 Å². The molecule has 1 unspecified atom stereocenters. The highest BCUT2D eigenvalue weighted by Crippen LogP contribution is 2.31. The SMILES string of the molecule is CCCN(C(=O)NCC1=CCC(F)C=C1)N1CC(=O)N2[C@@H](Cc3ccc(NC)cc3)C(=O)N(Cc3cccc4ccccc34)C[C@@H]21. The van der Waals surface area contributed by atoms with Gasteiger partial charge in [0.1, 0.15) is 18.4 Å². The molecule has 10 heteroatoms. The van der Waals surface area contributed by atoms with Crippen molar-refractivity contribution in [3.05, 3.63) is 102 Å². The van der Waals surface area contributed by atoms with Crippen LogP contribution in [0.1, 0.15) is 30.9 Å². The third-order valence-corrected chi connectivity index (χ3v) is 9.03. The maximum absolute atomic E-state index is 14.3. The van der Waals surface area contributed by atoms with Gasteiger partial charge < -0.3 is 20.4 Å². The van der Waals surface area contributed by atoms with Gasteiger partial charge in [0.15, 0.2) is 0 Å². The molecule has 4 amide bonds. The Kier molecular flexibility index (Phi) is 9.35. The molecule has 46 heavy (non-hydrogen) atoms. The molecule has 2 N–H and O–H groups in total. The minimum absolute atomic E-state index is 0.00516. The first-order valence-electron chi connectivity index (χ1n) is 16.0. The van der Waals surface area contributed by atoms with Crippen LogP contribution in [0.4, 0.5) is 14.9 Å². The summed E-state index contributed by atoms with van der Waals surface area (Å²) in [5, 5.41) is 11.7. The quantitative estimate of drug-likeness (QED) is 0.336. The topological polar surface area (TPSA) is 88.2 Å². The molecule has 2 heterocycles. The summed E-state index contributed by atoms with van der Waals surface area (Å²) >= 11 is 0. The van der Waals surface area contributed by atoms with Gasteiger partial charge in [-0.2, -0.15) is 5.01 Å². The summed E-state index contributed by atoms with van der Waals surface area (Å²) in [5.41, 5.74) is 3.77. The standard InChI is InChI=1S/C36H41FN6O3/c1-3-19-41(36(46)39-21-26-11-15-29(37)16-12-26)42-24-34(44)43-32(20-25-13-17-30(38-2)18-14-25)35(45)40(23-33(42)43)22-28-9-6-8-27-7-4-5-10-31(27)28/h4-15,17-18,29,32-33,38H,3,16,19-24H2,1-2H3,(H,39,46)/t29?,32-,33+/m0/s1. The number of hydrogen-bond acceptors (Lipinski definition) is 5. The van der Waals surface area contributed by atoms with E-state index < -0.39 is 18.4 Å². The third kappa shape index (κ3) is 6.48. The van der Waals surface area contributed by atoms with Crippen molar-refractivity contribution >= 4 is 34.3 Å². The number of urea groups is 1. The van der Waals surface area contributed by atoms with Crippen LogP contribution in [0.3, 0.4) is 0 Å². The summed E-state index contributed by atoms with van der Waals surface area (Å²) in [6, 6.07) is 21.1. The van der Waals surface area contributed by atoms with Crippen molar-refractivity contribution in [2.45, 2.75) is 51.1 Å². The first-order valence-corrected chi connectivity index (χ1v) is 16.0. The van der Waals surface area contributed by atoms with Gasteiger partial charge in [-0.25, -0.2) is 9.18 Å². The molecular formula is C36H41FN6O3. The van der Waals surface area contributed by atoms with Gasteiger partial charge in [-0.05, 0) is 46.0 Å². The van der Waals surface area contributed by atoms with Crippen LogP contribution in [0, 0.1) is 0 Å². The van der Waals surface area contributed by atoms with Gasteiger partial charge in [0.2, 0.25) is 11.8 Å². The van der Waals surface area contributed by atoms with Crippen molar-refractivity contribution in [2.24, 2.45) is 0 Å². The van der Waals surface area contributed by atoms with Crippen molar-refractivity contribution in [1.82, 2.24) is 25.1 Å². The second-order valence-corrected chi connectivity index (χ2v) is 12.1. The van der Waals surface area contributed by atoms with Gasteiger partial charge in [-0.1, -0.05) is 79.7 Å². The van der Waals surface area contributed by atoms with E-state index in [0.29, 0.717) is 25.9 Å². The van der Waals surface area contributed by atoms with Gasteiger partial charge >= 0.3 is 6.03 Å². The average Bonchev–Trinajstić information content (AvgIpc) is 3.40. The number of fused-ring (bicyclic) bond motifs is 2. The largest absolute Gasteiger partial charge is 0.388 e. The number of alkyl halides is 1. The Balaban J connectivity index is 1.30. The maximum Gasteiger partial charge on any atom is 0.332 e. The molecule has 3 aliphatic rings. The molecule has 2 aliphatic heterocycles. The van der Waals surface area contributed by atoms with Crippen molar-refractivity contribution in [1.29, 1.82) is 0 Å². The molecule has 3 atom stereocenters. The van der Waals surface area contributed by atoms with E-state index in [9.17, 15) is 18.8 Å². The Bertz CT molecular complexity index is 1650. The number of nitrogens with zero attached hydrogens (tertiary/aromatic N) is 4. The molecule has 3 aromatic carbocycles. The number of anilines is 1. The zero-order chi connectivity index (χ0) is 32.2. The predicted octanol–water partition coefficient (Wildman–Crippen LogP) is 4.87. The number of hydrogen-bond donors (Lipinski definition) is 2. The minimum atomic E-state index is -1.00. The van der Waals surface area contributed by atoms with Crippen LogP contribution in [0.25, 0.3) is 10.8 Å². The Morgan fingerprint density at radius 1 is 1.04 bits per heavy atom. The van der Waals surface area contributed by atoms with E-state index in [1.165, 1.54) is 6.08 Å². The van der Waals surface area contributed by atoms with E-state index in [2.05, 4.69) is 28.8 Å². The first kappa shape index (κ1) is 31.3. The molecule has 2 saturated heterocycles. The van der Waals surface area contributed by atoms with Crippen molar-refractivity contribution in [2.75, 3.05) is 38.5 Å². The van der Waals surface area contributed by atoms with Crippen molar-refractivity contribution in [3.8, 4) is 0 Å². The van der Waals surface area contributed by atoms with Crippen LogP contribution in [-0.4, -0.2) is 89.3 Å². The summed E-state index contributed by atoms with van der Waals surface area (Å²) in [6.45, 7) is 3.29. The summed E-state index contributed by atoms with van der Waals surface area (Å²) in [7, 11) is 1.85. The summed E-state index contributed by atoms with van der Waals surface area (Å²) in [5.74, 6) is -0.286. The van der Waals surface area contributed by atoms with Crippen LogP contribution in [-0.2, 0) is 22.6 Å². The number of rotatable bonds is 10. The van der Waals surface area contributed by atoms with Crippen LogP contribution >= 0.6 is 0 Å². The lowest BCUT2D eigenvalue weighted by atomic mass is 9.98. The van der Waals surface area contributed by atoms with Crippen molar-refractivity contribution < 1.29 is 18.8 Å². The Morgan fingerprint density at radius 2 is 1.83 bits per heavy atom. The van der Waals surface area contributed by atoms with E-state index in [4.69, 9.17) is 0 Å². The fourth-order valence-electron chi connectivity index (χ4n) is 6.65. The van der Waals surface area contributed by atoms with Gasteiger partial charge in [0.05, 0.1) is 13.1 Å². The second-order valence-electron chi connectivity index (χ2n) is 12.1. The Hall–Kier alpha value is -4.70. The maximum atomic E-state index is 14.3. The normalized spacial score (nSPS) is 21.4. The van der Waals surface area contributed by atoms with Crippen LogP contribution < -0.4 is 10.6 Å². The fourth-order valence-corrected chi connectivity index (χ4v) is 6.65. The summed E-state index contributed by atoms with van der Waals surface area (Å²) in [4.78, 5) is 45.2. The number of allylic oxidation sites excluding steroid dienone is 2. The lowest BCUT2D eigenvalue weighted by molar-refractivity contribution is -0.157. The molecule has 2 fully saturated rings. The van der Waals surface area contributed by atoms with E-state index in [1.54, 1.807) is 22.1 Å². The molecule has 0 bridgehead atoms. The highest BCUT2D eigenvalue weighted by molar-refractivity contribution is 5.92. The monoisotopic (exact) mass is 624 g/mol. The van der Waals surface area contributed by atoms with Gasteiger partial charge in [-0.15, -0.1) is 0 Å². The zero-order valence-corrected chi connectivity index (χ0v) is 26.4. The van der Waals surface area contributed by atoms with E-state index in [-0.39, 0.29) is 43.9 Å². The molecule has 3 aromatic rings. The smallest absolute Gasteiger partial charge is 0.332 e. The molecule has 0 spiro atoms. The number of carbonyl (C=O) groups excluding carboxylic acids is 3. The lowest BCUT2D eigenvalue weighted by Gasteiger charge is -2.46. The van der Waals surface area contributed by atoms with E-state index in [1.807, 2.05) is 72.4 Å². The highest BCUT2D eigenvalue weighted by Gasteiger charge is 2.52. The third-order valence-electron chi connectivity index (χ3n) is 9.03. The fraction of sp³-hybridized carbons (Fsp3) is 0.361. The van der Waals surface area contributed by atoms with Gasteiger partial charge in [-0.3, -0.25) is 14.6 Å². The zero-order valence-electron chi connectivity index (χ0n) is 26.4. The highest BCUT2D eigenvalue weighted by atomic mass is 19.1. The Labute approximate surface area is 269 Å². The number of amides is 4. The number of halogens is 1. The second kappa shape index (κ2) is 13.7. The molecule has 240 valence electrons. The molecular weight excluding hydrogens is 583 g/mol. The predicted molar refractivity (Wildman–Crippen MR) is 177 cm³/mol. The first-order chi connectivity index (χ1) is 22.4. The van der Waals surface area contributed by atoms with Crippen LogP contribution in [0.15, 0.2) is 90.5 Å². The van der Waals surface area contributed by atoms with Crippen molar-refractivity contribution in [3.63, 3.8) is 0 Å². The average molecular weight is 625 g/mol. The molecule has 0 radical (unpaired) electrons.